The van der Waals surface area contributed by atoms with Gasteiger partial charge in [-0.3, -0.25) is 14.4 Å². The second-order valence-corrected chi connectivity index (χ2v) is 11.8. The standard InChI is InChI=1S/C18H21Cl2N5O7S2/c1-17(2,3)32-7(26)4-31-24-9(8-11(19)34-16(21)23-8)12(27)22-10-13(28)25-5-18(20,15(29)30)6-33-14(10)25/h10,14H,4-6H2,1-3H3,(H2,21,23)(H,22,27)(H,29,30)/t10?,14-,18?/m1/s1. The van der Waals surface area contributed by atoms with Gasteiger partial charge in [0, 0.05) is 5.75 Å². The number of amides is 2. The molecule has 1 aromatic heterocycles. The van der Waals surface area contributed by atoms with Crippen molar-refractivity contribution in [3.8, 4) is 0 Å². The Morgan fingerprint density at radius 1 is 1.41 bits per heavy atom. The third-order valence-corrected chi connectivity index (χ3v) is 7.70. The van der Waals surface area contributed by atoms with Crippen molar-refractivity contribution in [3.05, 3.63) is 10.0 Å². The molecule has 0 aliphatic carbocycles. The van der Waals surface area contributed by atoms with E-state index in [9.17, 15) is 24.3 Å². The molecule has 0 radical (unpaired) electrons. The first-order valence-corrected chi connectivity index (χ1v) is 12.3. The van der Waals surface area contributed by atoms with Crippen LogP contribution in [-0.4, -0.2) is 85.3 Å². The van der Waals surface area contributed by atoms with E-state index in [1.54, 1.807) is 20.8 Å². The molecule has 12 nitrogen and oxygen atoms in total. The van der Waals surface area contributed by atoms with Crippen LogP contribution in [0.3, 0.4) is 0 Å². The van der Waals surface area contributed by atoms with Gasteiger partial charge >= 0.3 is 11.9 Å². The third kappa shape index (κ3) is 5.67. The minimum Gasteiger partial charge on any atom is -0.480 e. The predicted molar refractivity (Wildman–Crippen MR) is 126 cm³/mol. The van der Waals surface area contributed by atoms with Crippen LogP contribution in [0.25, 0.3) is 0 Å². The first kappa shape index (κ1) is 26.3. The zero-order valence-electron chi connectivity index (χ0n) is 18.2. The number of ether oxygens (including phenoxy) is 1. The predicted octanol–water partition coefficient (Wildman–Crippen LogP) is 0.903. The second kappa shape index (κ2) is 9.76. The van der Waals surface area contributed by atoms with E-state index in [0.717, 1.165) is 23.1 Å². The Hall–Kier alpha value is -2.29. The van der Waals surface area contributed by atoms with Crippen molar-refractivity contribution < 1.29 is 33.9 Å². The lowest BCUT2D eigenvalue weighted by Crippen LogP contribution is -2.74. The molecule has 2 saturated heterocycles. The van der Waals surface area contributed by atoms with Gasteiger partial charge in [0.1, 0.15) is 27.0 Å². The SMILES string of the molecule is CC(C)(C)OC(=O)CON=C(C(=O)NC1C(=O)N2CC(Cl)(C(=O)O)CS[C@H]12)c1nc(N)sc1Cl. The van der Waals surface area contributed by atoms with Crippen LogP contribution in [0.5, 0.6) is 0 Å². The number of alkyl halides is 1. The first-order valence-electron chi connectivity index (χ1n) is 9.71. The number of carboxylic acids is 1. The summed E-state index contributed by atoms with van der Waals surface area (Å²) < 4.78 is 5.16. The number of oxime groups is 1. The van der Waals surface area contributed by atoms with E-state index in [1.807, 2.05) is 0 Å². The number of nitrogen functional groups attached to an aromatic ring is 1. The van der Waals surface area contributed by atoms with E-state index < -0.39 is 58.0 Å². The fraction of sp³-hybridized carbons (Fsp3) is 0.556. The molecule has 2 fully saturated rings. The Morgan fingerprint density at radius 3 is 2.65 bits per heavy atom. The molecule has 3 rings (SSSR count). The highest BCUT2D eigenvalue weighted by molar-refractivity contribution is 8.00. The number of aliphatic carboxylic acids is 1. The first-order chi connectivity index (χ1) is 15.7. The number of thiazole rings is 1. The number of halogens is 2. The van der Waals surface area contributed by atoms with Crippen molar-refractivity contribution in [2.75, 3.05) is 24.6 Å². The monoisotopic (exact) mass is 553 g/mol. The van der Waals surface area contributed by atoms with Gasteiger partial charge in [0.05, 0.1) is 6.54 Å². The minimum atomic E-state index is -1.60. The number of rotatable bonds is 7. The topological polar surface area (TPSA) is 174 Å². The normalized spacial score (nSPS) is 24.7. The number of carbonyl (C=O) groups is 4. The highest BCUT2D eigenvalue weighted by atomic mass is 35.5. The molecule has 0 bridgehead atoms. The van der Waals surface area contributed by atoms with E-state index in [-0.39, 0.29) is 27.5 Å². The zero-order chi connectivity index (χ0) is 25.4. The van der Waals surface area contributed by atoms with Crippen molar-refractivity contribution in [2.45, 2.75) is 42.7 Å². The Balaban J connectivity index is 1.73. The summed E-state index contributed by atoms with van der Waals surface area (Å²) in [5.74, 6) is -3.26. The van der Waals surface area contributed by atoms with Crippen LogP contribution < -0.4 is 11.1 Å². The van der Waals surface area contributed by atoms with Crippen LogP contribution in [0.2, 0.25) is 4.34 Å². The molecule has 16 heteroatoms. The van der Waals surface area contributed by atoms with Crippen molar-refractivity contribution in [1.29, 1.82) is 0 Å². The summed E-state index contributed by atoms with van der Waals surface area (Å²) >= 11 is 14.2. The Kier molecular flexibility index (Phi) is 7.55. The van der Waals surface area contributed by atoms with Crippen molar-refractivity contribution >= 4 is 80.9 Å². The highest BCUT2D eigenvalue weighted by Gasteiger charge is 2.57. The number of hydrogen-bond acceptors (Lipinski definition) is 11. The lowest BCUT2D eigenvalue weighted by Gasteiger charge is -2.52. The summed E-state index contributed by atoms with van der Waals surface area (Å²) in [6, 6.07) is -0.960. The van der Waals surface area contributed by atoms with E-state index in [4.69, 9.17) is 38.5 Å². The molecule has 0 saturated carbocycles. The number of nitrogens with one attached hydrogen (secondary N) is 1. The molecule has 2 unspecified atom stereocenters. The minimum absolute atomic E-state index is 0.0408. The fourth-order valence-electron chi connectivity index (χ4n) is 3.06. The Bertz CT molecular complexity index is 1060. The molecule has 2 aliphatic rings. The molecular formula is C18H21Cl2N5O7S2. The number of aromatic nitrogens is 1. The summed E-state index contributed by atoms with van der Waals surface area (Å²) in [7, 11) is 0. The van der Waals surface area contributed by atoms with E-state index in [1.165, 1.54) is 4.90 Å². The van der Waals surface area contributed by atoms with Gasteiger partial charge in [0.25, 0.3) is 5.91 Å². The van der Waals surface area contributed by atoms with Gasteiger partial charge in [0.15, 0.2) is 15.7 Å². The number of hydrogen-bond donors (Lipinski definition) is 3. The molecule has 1 aromatic rings. The largest absolute Gasteiger partial charge is 0.480 e. The summed E-state index contributed by atoms with van der Waals surface area (Å²) in [6.45, 7) is 4.25. The molecule has 186 valence electrons. The number of nitrogens with zero attached hydrogens (tertiary/aromatic N) is 3. The average molecular weight is 554 g/mol. The number of anilines is 1. The molecule has 0 spiro atoms. The summed E-state index contributed by atoms with van der Waals surface area (Å²) in [5.41, 5.74) is 4.43. The third-order valence-electron chi connectivity index (χ3n) is 4.52. The molecule has 3 atom stereocenters. The maximum absolute atomic E-state index is 13.0. The van der Waals surface area contributed by atoms with Gasteiger partial charge in [-0.1, -0.05) is 28.1 Å². The number of carbonyl (C=O) groups excluding carboxylic acids is 3. The number of fused-ring (bicyclic) bond motifs is 1. The summed E-state index contributed by atoms with van der Waals surface area (Å²) in [6.07, 6.45) is 0. The molecule has 0 aromatic carbocycles. The van der Waals surface area contributed by atoms with Crippen LogP contribution in [0.1, 0.15) is 26.5 Å². The number of thioether (sulfide) groups is 1. The van der Waals surface area contributed by atoms with Gasteiger partial charge in [-0.15, -0.1) is 23.4 Å². The average Bonchev–Trinajstić information content (AvgIpc) is 3.05. The summed E-state index contributed by atoms with van der Waals surface area (Å²) in [5, 5.41) is 15.1. The van der Waals surface area contributed by atoms with Gasteiger partial charge < -0.3 is 30.6 Å². The molecule has 34 heavy (non-hydrogen) atoms. The number of carboxylic acid groups (broad SMARTS) is 1. The van der Waals surface area contributed by atoms with Crippen LogP contribution in [0, 0.1) is 0 Å². The number of nitrogens with two attached hydrogens (primary N) is 1. The van der Waals surface area contributed by atoms with Crippen LogP contribution in [0.4, 0.5) is 5.13 Å². The van der Waals surface area contributed by atoms with Crippen molar-refractivity contribution in [2.24, 2.45) is 5.16 Å². The van der Waals surface area contributed by atoms with Crippen LogP contribution in [-0.2, 0) is 28.8 Å². The Morgan fingerprint density at radius 2 is 2.09 bits per heavy atom. The smallest absolute Gasteiger partial charge is 0.347 e. The van der Waals surface area contributed by atoms with E-state index in [2.05, 4.69) is 15.5 Å². The fourth-order valence-corrected chi connectivity index (χ4v) is 5.69. The maximum atomic E-state index is 13.0. The van der Waals surface area contributed by atoms with Gasteiger partial charge in [-0.25, -0.2) is 9.78 Å². The highest BCUT2D eigenvalue weighted by Crippen LogP contribution is 2.41. The molecule has 4 N–H and O–H groups in total. The lowest BCUT2D eigenvalue weighted by atomic mass is 10.0. The second-order valence-electron chi connectivity index (χ2n) is 8.36. The van der Waals surface area contributed by atoms with Gasteiger partial charge in [-0.2, -0.15) is 0 Å². The number of β-lactam (4-membered cyclic amide) rings is 1. The van der Waals surface area contributed by atoms with Crippen molar-refractivity contribution in [1.82, 2.24) is 15.2 Å². The van der Waals surface area contributed by atoms with Gasteiger partial charge in [0.2, 0.25) is 12.5 Å². The zero-order valence-corrected chi connectivity index (χ0v) is 21.3. The molecule has 2 amide bonds. The molecule has 2 aliphatic heterocycles. The van der Waals surface area contributed by atoms with E-state index in [0.29, 0.717) is 0 Å². The molecular weight excluding hydrogens is 533 g/mol. The number of esters is 1. The van der Waals surface area contributed by atoms with Gasteiger partial charge in [-0.05, 0) is 20.8 Å². The lowest BCUT2D eigenvalue weighted by molar-refractivity contribution is -0.160. The maximum Gasteiger partial charge on any atom is 0.347 e. The summed E-state index contributed by atoms with van der Waals surface area (Å²) in [4.78, 5) is 57.5. The quantitative estimate of drug-likeness (QED) is 0.145. The van der Waals surface area contributed by atoms with Crippen LogP contribution >= 0.6 is 46.3 Å². The van der Waals surface area contributed by atoms with Crippen LogP contribution in [0.15, 0.2) is 5.16 Å². The van der Waals surface area contributed by atoms with Crippen molar-refractivity contribution in [3.63, 3.8) is 0 Å². The van der Waals surface area contributed by atoms with E-state index >= 15 is 0 Å². The molecule has 3 heterocycles. The Labute approximate surface area is 212 Å².